The number of hydrogen-bond acceptors (Lipinski definition) is 4. The van der Waals surface area contributed by atoms with Crippen LogP contribution in [0.3, 0.4) is 0 Å². The highest BCUT2D eigenvalue weighted by molar-refractivity contribution is 5.82. The number of fused-ring (bicyclic) bond motifs is 1. The van der Waals surface area contributed by atoms with Crippen LogP contribution in [0.15, 0.2) is 30.3 Å². The van der Waals surface area contributed by atoms with Crippen LogP contribution < -0.4 is 15.5 Å². The van der Waals surface area contributed by atoms with E-state index >= 15 is 0 Å². The second-order valence-electron chi connectivity index (χ2n) is 8.54. The van der Waals surface area contributed by atoms with E-state index in [1.165, 1.54) is 49.5 Å². The number of para-hydroxylation sites is 1. The molecular weight excluding hydrogens is 360 g/mol. The number of anilines is 1. The number of rotatable bonds is 7. The van der Waals surface area contributed by atoms with Crippen molar-refractivity contribution in [2.45, 2.75) is 70.4 Å². The van der Waals surface area contributed by atoms with Gasteiger partial charge in [-0.1, -0.05) is 37.5 Å². The fraction of sp³-hybridized carbons (Fsp3) is 0.583. The van der Waals surface area contributed by atoms with Crippen LogP contribution in [0.5, 0.6) is 0 Å². The third kappa shape index (κ3) is 5.47. The standard InChI is InChI=1S/C24H34N4O/c29-23(26-21-10-3-1-4-11-21)13-14-25-18-20-17-19-9-5-6-12-22(19)27-24(20)28-15-7-2-8-16-28/h5-6,9,12,17,21,25H,1-4,7-8,10-11,13-16,18H2,(H,26,29). The topological polar surface area (TPSA) is 57.3 Å². The van der Waals surface area contributed by atoms with Crippen molar-refractivity contribution in [3.63, 3.8) is 0 Å². The number of piperidine rings is 1. The fourth-order valence-corrected chi connectivity index (χ4v) is 4.63. The van der Waals surface area contributed by atoms with Gasteiger partial charge >= 0.3 is 0 Å². The smallest absolute Gasteiger partial charge is 0.221 e. The third-order valence-corrected chi connectivity index (χ3v) is 6.25. The summed E-state index contributed by atoms with van der Waals surface area (Å²) >= 11 is 0. The Balaban J connectivity index is 1.35. The molecule has 1 saturated carbocycles. The van der Waals surface area contributed by atoms with Crippen LogP contribution in [0.25, 0.3) is 10.9 Å². The molecule has 1 aliphatic heterocycles. The number of aromatic nitrogens is 1. The molecule has 2 fully saturated rings. The first-order chi connectivity index (χ1) is 14.3. The molecule has 2 N–H and O–H groups in total. The summed E-state index contributed by atoms with van der Waals surface area (Å²) in [4.78, 5) is 19.7. The number of benzene rings is 1. The predicted octanol–water partition coefficient (Wildman–Crippen LogP) is 4.15. The molecule has 5 heteroatoms. The van der Waals surface area contributed by atoms with Crippen LogP contribution in [-0.2, 0) is 11.3 Å². The number of carbonyl (C=O) groups excluding carboxylic acids is 1. The molecule has 0 atom stereocenters. The summed E-state index contributed by atoms with van der Waals surface area (Å²) < 4.78 is 0. The Morgan fingerprint density at radius 1 is 1.03 bits per heavy atom. The minimum Gasteiger partial charge on any atom is -0.356 e. The second-order valence-corrected chi connectivity index (χ2v) is 8.54. The molecule has 2 aromatic rings. The van der Waals surface area contributed by atoms with Crippen LogP contribution in [0.4, 0.5) is 5.82 Å². The van der Waals surface area contributed by atoms with Crippen molar-refractivity contribution in [1.82, 2.24) is 15.6 Å². The highest BCUT2D eigenvalue weighted by Gasteiger charge is 2.18. The van der Waals surface area contributed by atoms with E-state index < -0.39 is 0 Å². The van der Waals surface area contributed by atoms with Crippen molar-refractivity contribution in [3.8, 4) is 0 Å². The molecule has 0 unspecified atom stereocenters. The van der Waals surface area contributed by atoms with Crippen molar-refractivity contribution < 1.29 is 4.79 Å². The van der Waals surface area contributed by atoms with Gasteiger partial charge in [0.15, 0.2) is 0 Å². The van der Waals surface area contributed by atoms with Gasteiger partial charge in [0.2, 0.25) is 5.91 Å². The van der Waals surface area contributed by atoms with Gasteiger partial charge in [-0.25, -0.2) is 4.98 Å². The molecule has 29 heavy (non-hydrogen) atoms. The first kappa shape index (κ1) is 20.1. The first-order valence-corrected chi connectivity index (χ1v) is 11.4. The van der Waals surface area contributed by atoms with Gasteiger partial charge < -0.3 is 15.5 Å². The Hall–Kier alpha value is -2.14. The number of pyridine rings is 1. The predicted molar refractivity (Wildman–Crippen MR) is 119 cm³/mol. The van der Waals surface area contributed by atoms with Crippen LogP contribution in [0.2, 0.25) is 0 Å². The van der Waals surface area contributed by atoms with Gasteiger partial charge in [0, 0.05) is 49.6 Å². The number of nitrogens with one attached hydrogen (secondary N) is 2. The molecule has 156 valence electrons. The zero-order valence-electron chi connectivity index (χ0n) is 17.5. The highest BCUT2D eigenvalue weighted by Crippen LogP contribution is 2.26. The van der Waals surface area contributed by atoms with Crippen LogP contribution in [-0.4, -0.2) is 36.6 Å². The Labute approximate surface area is 174 Å². The summed E-state index contributed by atoms with van der Waals surface area (Å²) in [6, 6.07) is 11.0. The largest absolute Gasteiger partial charge is 0.356 e. The first-order valence-electron chi connectivity index (χ1n) is 11.4. The van der Waals surface area contributed by atoms with E-state index in [1.54, 1.807) is 0 Å². The van der Waals surface area contributed by atoms with Gasteiger partial charge in [0.05, 0.1) is 5.52 Å². The van der Waals surface area contributed by atoms with Gasteiger partial charge in [0.25, 0.3) is 0 Å². The lowest BCUT2D eigenvalue weighted by molar-refractivity contribution is -0.121. The maximum Gasteiger partial charge on any atom is 0.221 e. The van der Waals surface area contributed by atoms with Crippen molar-refractivity contribution in [2.75, 3.05) is 24.5 Å². The zero-order chi connectivity index (χ0) is 19.9. The summed E-state index contributed by atoms with van der Waals surface area (Å²) in [6.07, 6.45) is 10.4. The van der Waals surface area contributed by atoms with Crippen LogP contribution >= 0.6 is 0 Å². The number of hydrogen-bond donors (Lipinski definition) is 2. The van der Waals surface area contributed by atoms with Crippen molar-refractivity contribution in [1.29, 1.82) is 0 Å². The van der Waals surface area contributed by atoms with E-state index in [0.717, 1.165) is 43.8 Å². The van der Waals surface area contributed by atoms with E-state index in [-0.39, 0.29) is 5.91 Å². The number of nitrogens with zero attached hydrogens (tertiary/aromatic N) is 2. The van der Waals surface area contributed by atoms with Crippen LogP contribution in [0.1, 0.15) is 63.4 Å². The maximum atomic E-state index is 12.2. The molecule has 4 rings (SSSR count). The fourth-order valence-electron chi connectivity index (χ4n) is 4.63. The number of carbonyl (C=O) groups is 1. The van der Waals surface area contributed by atoms with E-state index in [1.807, 2.05) is 0 Å². The highest BCUT2D eigenvalue weighted by atomic mass is 16.1. The molecule has 1 aromatic heterocycles. The number of amides is 1. The quantitative estimate of drug-likeness (QED) is 0.693. The Morgan fingerprint density at radius 2 is 1.79 bits per heavy atom. The van der Waals surface area contributed by atoms with E-state index in [4.69, 9.17) is 4.98 Å². The van der Waals surface area contributed by atoms with Crippen molar-refractivity contribution >= 4 is 22.6 Å². The van der Waals surface area contributed by atoms with Gasteiger partial charge in [-0.3, -0.25) is 4.79 Å². The average Bonchev–Trinajstić information content (AvgIpc) is 2.77. The van der Waals surface area contributed by atoms with Gasteiger partial charge in [-0.15, -0.1) is 0 Å². The van der Waals surface area contributed by atoms with Crippen molar-refractivity contribution in [2.24, 2.45) is 0 Å². The molecule has 2 aliphatic rings. The molecule has 5 nitrogen and oxygen atoms in total. The molecule has 0 radical (unpaired) electrons. The molecule has 1 aromatic carbocycles. The summed E-state index contributed by atoms with van der Waals surface area (Å²) in [6.45, 7) is 3.62. The zero-order valence-corrected chi connectivity index (χ0v) is 17.5. The summed E-state index contributed by atoms with van der Waals surface area (Å²) in [5, 5.41) is 7.87. The molecule has 1 amide bonds. The summed E-state index contributed by atoms with van der Waals surface area (Å²) in [5.74, 6) is 1.29. The van der Waals surface area contributed by atoms with E-state index in [2.05, 4.69) is 45.9 Å². The normalized spacial score (nSPS) is 18.1. The Bertz CT molecular complexity index is 810. The molecule has 0 bridgehead atoms. The SMILES string of the molecule is O=C(CCNCc1cc2ccccc2nc1N1CCCCC1)NC1CCCCC1. The second kappa shape index (κ2) is 10.1. The van der Waals surface area contributed by atoms with Gasteiger partial charge in [-0.2, -0.15) is 0 Å². The van der Waals surface area contributed by atoms with Crippen molar-refractivity contribution in [3.05, 3.63) is 35.9 Å². The minimum atomic E-state index is 0.178. The van der Waals surface area contributed by atoms with Gasteiger partial charge in [0.1, 0.15) is 5.82 Å². The molecular formula is C24H34N4O. The third-order valence-electron chi connectivity index (χ3n) is 6.25. The molecule has 1 aliphatic carbocycles. The van der Waals surface area contributed by atoms with E-state index in [9.17, 15) is 4.79 Å². The lowest BCUT2D eigenvalue weighted by atomic mass is 9.95. The monoisotopic (exact) mass is 394 g/mol. The molecule has 0 spiro atoms. The Kier molecular flexibility index (Phi) is 6.99. The minimum absolute atomic E-state index is 0.178. The average molecular weight is 395 g/mol. The molecule has 1 saturated heterocycles. The van der Waals surface area contributed by atoms with Gasteiger partial charge in [-0.05, 0) is 44.2 Å². The lowest BCUT2D eigenvalue weighted by Crippen LogP contribution is -2.37. The summed E-state index contributed by atoms with van der Waals surface area (Å²) in [7, 11) is 0. The summed E-state index contributed by atoms with van der Waals surface area (Å²) in [5.41, 5.74) is 2.29. The van der Waals surface area contributed by atoms with Crippen LogP contribution in [0, 0.1) is 0 Å². The maximum absolute atomic E-state index is 12.2. The Morgan fingerprint density at radius 3 is 2.62 bits per heavy atom. The lowest BCUT2D eigenvalue weighted by Gasteiger charge is -2.30. The molecule has 2 heterocycles. The van der Waals surface area contributed by atoms with E-state index in [0.29, 0.717) is 19.0 Å².